The second-order valence-corrected chi connectivity index (χ2v) is 6.92. The van der Waals surface area contributed by atoms with Gasteiger partial charge in [0.05, 0.1) is 16.4 Å². The van der Waals surface area contributed by atoms with Crippen molar-refractivity contribution in [2.45, 2.75) is 6.42 Å². The van der Waals surface area contributed by atoms with Crippen molar-refractivity contribution in [2.75, 3.05) is 37.8 Å². The molecule has 8 heteroatoms. The van der Waals surface area contributed by atoms with Crippen molar-refractivity contribution in [1.82, 2.24) is 19.9 Å². The summed E-state index contributed by atoms with van der Waals surface area (Å²) in [7, 11) is 4.05. The molecule has 0 fully saturated rings. The topological polar surface area (TPSA) is 66.0 Å². The molecular formula is C20H22ClFN6. The summed E-state index contributed by atoms with van der Waals surface area (Å²) >= 11 is 6.13. The molecule has 2 aromatic heterocycles. The molecule has 2 heterocycles. The van der Waals surface area contributed by atoms with Crippen LogP contribution in [0.4, 0.5) is 21.8 Å². The summed E-state index contributed by atoms with van der Waals surface area (Å²) in [5.74, 6) is 0.445. The van der Waals surface area contributed by atoms with E-state index in [1.165, 1.54) is 6.07 Å². The highest BCUT2D eigenvalue weighted by Gasteiger charge is 2.11. The molecule has 0 spiro atoms. The molecule has 0 radical (unpaired) electrons. The Kier molecular flexibility index (Phi) is 6.73. The Morgan fingerprint density at radius 1 is 1.14 bits per heavy atom. The van der Waals surface area contributed by atoms with Crippen LogP contribution in [0.2, 0.25) is 5.02 Å². The standard InChI is InChI=1S/C20H22ClFN6/c1-28(2)11-5-10-24-20-25-17(14-6-4-9-23-13-14)12-18(27-20)26-19-15(21)7-3-8-16(19)22/h3-4,6-9,12-13H,5,10-11H2,1-2H3,(H2,24,25,26,27). The van der Waals surface area contributed by atoms with Crippen LogP contribution in [-0.2, 0) is 0 Å². The van der Waals surface area contributed by atoms with Gasteiger partial charge in [-0.3, -0.25) is 4.98 Å². The van der Waals surface area contributed by atoms with E-state index in [9.17, 15) is 4.39 Å². The third kappa shape index (κ3) is 5.37. The highest BCUT2D eigenvalue weighted by atomic mass is 35.5. The maximum Gasteiger partial charge on any atom is 0.225 e. The van der Waals surface area contributed by atoms with E-state index in [0.29, 0.717) is 24.0 Å². The third-order valence-corrected chi connectivity index (χ3v) is 4.28. The second-order valence-electron chi connectivity index (χ2n) is 6.51. The summed E-state index contributed by atoms with van der Waals surface area (Å²) in [6, 6.07) is 10.0. The zero-order chi connectivity index (χ0) is 19.9. The smallest absolute Gasteiger partial charge is 0.225 e. The van der Waals surface area contributed by atoms with Gasteiger partial charge in [-0.1, -0.05) is 17.7 Å². The number of rotatable bonds is 8. The summed E-state index contributed by atoms with van der Waals surface area (Å²) < 4.78 is 14.2. The van der Waals surface area contributed by atoms with E-state index in [1.54, 1.807) is 30.6 Å². The lowest BCUT2D eigenvalue weighted by atomic mass is 10.2. The van der Waals surface area contributed by atoms with Gasteiger partial charge in [-0.25, -0.2) is 9.37 Å². The van der Waals surface area contributed by atoms with Crippen LogP contribution in [0.15, 0.2) is 48.8 Å². The maximum atomic E-state index is 14.2. The predicted octanol–water partition coefficient (Wildman–Crippen LogP) is 4.44. The minimum atomic E-state index is -0.450. The number of para-hydroxylation sites is 1. The summed E-state index contributed by atoms with van der Waals surface area (Å²) in [4.78, 5) is 15.3. The molecule has 0 bridgehead atoms. The molecule has 3 aromatic rings. The van der Waals surface area contributed by atoms with Gasteiger partial charge < -0.3 is 15.5 Å². The Hall–Kier alpha value is -2.77. The van der Waals surface area contributed by atoms with Crippen molar-refractivity contribution in [3.63, 3.8) is 0 Å². The van der Waals surface area contributed by atoms with Gasteiger partial charge in [0.15, 0.2) is 0 Å². The number of hydrogen-bond donors (Lipinski definition) is 2. The number of anilines is 3. The van der Waals surface area contributed by atoms with Gasteiger partial charge in [-0.15, -0.1) is 0 Å². The van der Waals surface area contributed by atoms with E-state index in [-0.39, 0.29) is 10.7 Å². The van der Waals surface area contributed by atoms with Gasteiger partial charge in [0.1, 0.15) is 11.6 Å². The molecular weight excluding hydrogens is 379 g/mol. The molecule has 0 aliphatic rings. The van der Waals surface area contributed by atoms with Crippen LogP contribution in [-0.4, -0.2) is 47.0 Å². The molecule has 0 unspecified atom stereocenters. The second kappa shape index (κ2) is 9.43. The fourth-order valence-electron chi connectivity index (χ4n) is 2.59. The van der Waals surface area contributed by atoms with E-state index >= 15 is 0 Å². The fourth-order valence-corrected chi connectivity index (χ4v) is 2.80. The zero-order valence-electron chi connectivity index (χ0n) is 15.8. The van der Waals surface area contributed by atoms with Crippen molar-refractivity contribution in [3.05, 3.63) is 59.6 Å². The first kappa shape index (κ1) is 20.0. The van der Waals surface area contributed by atoms with Crippen LogP contribution in [0.25, 0.3) is 11.3 Å². The molecule has 1 aromatic carbocycles. The number of nitrogens with one attached hydrogen (secondary N) is 2. The highest BCUT2D eigenvalue weighted by Crippen LogP contribution is 2.29. The molecule has 28 heavy (non-hydrogen) atoms. The number of aromatic nitrogens is 3. The number of benzene rings is 1. The first-order valence-corrected chi connectivity index (χ1v) is 9.30. The van der Waals surface area contributed by atoms with Crippen LogP contribution in [0.1, 0.15) is 6.42 Å². The van der Waals surface area contributed by atoms with Crippen molar-refractivity contribution >= 4 is 29.1 Å². The Morgan fingerprint density at radius 2 is 2.00 bits per heavy atom. The molecule has 0 atom stereocenters. The van der Waals surface area contributed by atoms with Gasteiger partial charge in [0, 0.05) is 30.6 Å². The number of hydrogen-bond acceptors (Lipinski definition) is 6. The Bertz CT molecular complexity index is 900. The van der Waals surface area contributed by atoms with Gasteiger partial charge in [0.2, 0.25) is 5.95 Å². The fraction of sp³-hybridized carbons (Fsp3) is 0.250. The first-order chi connectivity index (χ1) is 13.5. The Balaban J connectivity index is 1.89. The minimum absolute atomic E-state index is 0.179. The quantitative estimate of drug-likeness (QED) is 0.545. The SMILES string of the molecule is CN(C)CCCNc1nc(Nc2c(F)cccc2Cl)cc(-c2cccnc2)n1. The molecule has 6 nitrogen and oxygen atoms in total. The molecule has 0 aliphatic carbocycles. The van der Waals surface area contributed by atoms with Gasteiger partial charge in [-0.05, 0) is 51.3 Å². The van der Waals surface area contributed by atoms with Gasteiger partial charge in [-0.2, -0.15) is 4.98 Å². The Labute approximate surface area is 168 Å². The van der Waals surface area contributed by atoms with Gasteiger partial charge in [0.25, 0.3) is 0 Å². The lowest BCUT2D eigenvalue weighted by molar-refractivity contribution is 0.405. The summed E-state index contributed by atoms with van der Waals surface area (Å²) in [6.45, 7) is 1.67. The van der Waals surface area contributed by atoms with Gasteiger partial charge >= 0.3 is 0 Å². The van der Waals surface area contributed by atoms with E-state index < -0.39 is 5.82 Å². The van der Waals surface area contributed by atoms with E-state index in [4.69, 9.17) is 11.6 Å². The van der Waals surface area contributed by atoms with Crippen molar-refractivity contribution in [3.8, 4) is 11.3 Å². The zero-order valence-corrected chi connectivity index (χ0v) is 16.5. The molecule has 146 valence electrons. The molecule has 0 amide bonds. The lowest BCUT2D eigenvalue weighted by Crippen LogP contribution is -2.17. The van der Waals surface area contributed by atoms with Crippen LogP contribution in [0, 0.1) is 5.82 Å². The van der Waals surface area contributed by atoms with E-state index in [1.807, 2.05) is 26.2 Å². The van der Waals surface area contributed by atoms with Crippen molar-refractivity contribution in [1.29, 1.82) is 0 Å². The molecule has 3 rings (SSSR count). The highest BCUT2D eigenvalue weighted by molar-refractivity contribution is 6.33. The monoisotopic (exact) mass is 400 g/mol. The largest absolute Gasteiger partial charge is 0.354 e. The summed E-state index contributed by atoms with van der Waals surface area (Å²) in [6.07, 6.45) is 4.36. The number of pyridine rings is 1. The number of nitrogens with zero attached hydrogens (tertiary/aromatic N) is 4. The third-order valence-electron chi connectivity index (χ3n) is 3.96. The molecule has 0 saturated heterocycles. The van der Waals surface area contributed by atoms with Crippen LogP contribution < -0.4 is 10.6 Å². The predicted molar refractivity (Wildman–Crippen MR) is 112 cm³/mol. The normalized spacial score (nSPS) is 10.9. The molecule has 2 N–H and O–H groups in total. The Morgan fingerprint density at radius 3 is 2.71 bits per heavy atom. The van der Waals surface area contributed by atoms with Crippen molar-refractivity contribution < 1.29 is 4.39 Å². The van der Waals surface area contributed by atoms with Crippen LogP contribution in [0.3, 0.4) is 0 Å². The average molecular weight is 401 g/mol. The van der Waals surface area contributed by atoms with Crippen LogP contribution in [0.5, 0.6) is 0 Å². The number of halogens is 2. The molecule has 0 saturated carbocycles. The minimum Gasteiger partial charge on any atom is -0.354 e. The maximum absolute atomic E-state index is 14.2. The summed E-state index contributed by atoms with van der Waals surface area (Å²) in [5.41, 5.74) is 1.69. The van der Waals surface area contributed by atoms with E-state index in [0.717, 1.165) is 18.5 Å². The van der Waals surface area contributed by atoms with E-state index in [2.05, 4.69) is 30.5 Å². The average Bonchev–Trinajstić information content (AvgIpc) is 2.69. The van der Waals surface area contributed by atoms with Crippen LogP contribution >= 0.6 is 11.6 Å². The summed E-state index contributed by atoms with van der Waals surface area (Å²) in [5, 5.41) is 6.48. The van der Waals surface area contributed by atoms with Crippen molar-refractivity contribution in [2.24, 2.45) is 0 Å². The lowest BCUT2D eigenvalue weighted by Gasteiger charge is -2.13. The molecule has 0 aliphatic heterocycles. The first-order valence-electron chi connectivity index (χ1n) is 8.92.